The molecule has 1 fully saturated rings. The lowest BCUT2D eigenvalue weighted by atomic mass is 10.1. The summed E-state index contributed by atoms with van der Waals surface area (Å²) < 4.78 is 18.7. The van der Waals surface area contributed by atoms with Gasteiger partial charge < -0.3 is 19.6 Å². The van der Waals surface area contributed by atoms with Crippen molar-refractivity contribution >= 4 is 11.6 Å². The summed E-state index contributed by atoms with van der Waals surface area (Å²) in [7, 11) is 1.63. The van der Waals surface area contributed by atoms with Crippen molar-refractivity contribution in [1.29, 1.82) is 0 Å². The number of phenolic OH excluding ortho intramolecular Hbond substituents is 1. The van der Waals surface area contributed by atoms with E-state index in [0.717, 1.165) is 23.6 Å². The third-order valence-electron chi connectivity index (χ3n) is 4.18. The highest BCUT2D eigenvalue weighted by Gasteiger charge is 2.25. The van der Waals surface area contributed by atoms with Crippen molar-refractivity contribution in [1.82, 2.24) is 4.90 Å². The van der Waals surface area contributed by atoms with Crippen molar-refractivity contribution in [3.63, 3.8) is 0 Å². The number of halogens is 1. The van der Waals surface area contributed by atoms with Gasteiger partial charge in [-0.05, 0) is 30.3 Å². The first kappa shape index (κ1) is 16.1. The second-order valence-corrected chi connectivity index (χ2v) is 5.61. The predicted molar refractivity (Wildman–Crippen MR) is 89.2 cm³/mol. The van der Waals surface area contributed by atoms with Crippen molar-refractivity contribution < 1.29 is 19.0 Å². The van der Waals surface area contributed by atoms with Crippen molar-refractivity contribution in [3.05, 3.63) is 53.8 Å². The molecule has 0 bridgehead atoms. The van der Waals surface area contributed by atoms with Gasteiger partial charge in [0.25, 0.3) is 5.91 Å². The largest absolute Gasteiger partial charge is 0.507 e. The van der Waals surface area contributed by atoms with E-state index in [-0.39, 0.29) is 17.2 Å². The minimum Gasteiger partial charge on any atom is -0.507 e. The lowest BCUT2D eigenvalue weighted by Crippen LogP contribution is -2.48. The van der Waals surface area contributed by atoms with Crippen LogP contribution in [0.3, 0.4) is 0 Å². The Morgan fingerprint density at radius 1 is 1.12 bits per heavy atom. The zero-order chi connectivity index (χ0) is 17.1. The van der Waals surface area contributed by atoms with Gasteiger partial charge in [0.05, 0.1) is 18.4 Å². The summed E-state index contributed by atoms with van der Waals surface area (Å²) in [6.07, 6.45) is 0. The number of methoxy groups -OCH3 is 1. The summed E-state index contributed by atoms with van der Waals surface area (Å²) in [6, 6.07) is 11.1. The summed E-state index contributed by atoms with van der Waals surface area (Å²) in [6.45, 7) is 2.27. The minimum atomic E-state index is -0.538. The third kappa shape index (κ3) is 3.13. The van der Waals surface area contributed by atoms with Crippen LogP contribution in [0.25, 0.3) is 0 Å². The molecular formula is C18H19FN2O3. The molecule has 126 valence electrons. The number of carbonyl (C=O) groups is 1. The number of hydrogen-bond acceptors (Lipinski definition) is 4. The predicted octanol–water partition coefficient (Wildman–Crippen LogP) is 2.50. The smallest absolute Gasteiger partial charge is 0.257 e. The molecule has 1 N–H and O–H groups in total. The zero-order valence-corrected chi connectivity index (χ0v) is 13.4. The Bertz CT molecular complexity index is 743. The molecule has 24 heavy (non-hydrogen) atoms. The third-order valence-corrected chi connectivity index (χ3v) is 4.18. The van der Waals surface area contributed by atoms with Crippen LogP contribution in [0, 0.1) is 5.82 Å². The summed E-state index contributed by atoms with van der Waals surface area (Å²) >= 11 is 0. The van der Waals surface area contributed by atoms with E-state index in [1.54, 1.807) is 12.0 Å². The van der Waals surface area contributed by atoms with Crippen LogP contribution in [0.4, 0.5) is 10.1 Å². The maximum atomic E-state index is 13.3. The lowest BCUT2D eigenvalue weighted by molar-refractivity contribution is 0.0743. The maximum Gasteiger partial charge on any atom is 0.257 e. The van der Waals surface area contributed by atoms with Crippen molar-refractivity contribution in [2.45, 2.75) is 0 Å². The molecule has 0 saturated carbocycles. The van der Waals surface area contributed by atoms with E-state index in [2.05, 4.69) is 4.90 Å². The second-order valence-electron chi connectivity index (χ2n) is 5.61. The second kappa shape index (κ2) is 6.78. The molecule has 0 aliphatic carbocycles. The number of aromatic hydroxyl groups is 1. The van der Waals surface area contributed by atoms with Crippen LogP contribution >= 0.6 is 0 Å². The highest BCUT2D eigenvalue weighted by atomic mass is 19.1. The minimum absolute atomic E-state index is 0.000687. The standard InChI is InChI=1S/C18H19FN2O3/c1-24-17-5-3-2-4-15(17)20-8-10-21(11-9-20)18(23)14-12-13(19)6-7-16(14)22/h2-7,12,22H,8-11H2,1H3. The van der Waals surface area contributed by atoms with Gasteiger partial charge in [0.2, 0.25) is 0 Å². The molecule has 1 aliphatic rings. The average Bonchev–Trinajstić information content (AvgIpc) is 2.63. The maximum absolute atomic E-state index is 13.3. The number of benzene rings is 2. The van der Waals surface area contributed by atoms with Crippen LogP contribution in [0.2, 0.25) is 0 Å². The Balaban J connectivity index is 1.71. The summed E-state index contributed by atoms with van der Waals surface area (Å²) in [5, 5.41) is 9.79. The van der Waals surface area contributed by atoms with E-state index >= 15 is 0 Å². The first-order valence-electron chi connectivity index (χ1n) is 7.76. The van der Waals surface area contributed by atoms with E-state index in [9.17, 15) is 14.3 Å². The topological polar surface area (TPSA) is 53.0 Å². The SMILES string of the molecule is COc1ccccc1N1CCN(C(=O)c2cc(F)ccc2O)CC1. The highest BCUT2D eigenvalue weighted by Crippen LogP contribution is 2.29. The molecule has 1 saturated heterocycles. The van der Waals surface area contributed by atoms with Crippen LogP contribution in [-0.2, 0) is 0 Å². The molecule has 6 heteroatoms. The lowest BCUT2D eigenvalue weighted by Gasteiger charge is -2.36. The molecule has 5 nitrogen and oxygen atoms in total. The molecule has 0 atom stereocenters. The monoisotopic (exact) mass is 330 g/mol. The van der Waals surface area contributed by atoms with Gasteiger partial charge in [0.15, 0.2) is 0 Å². The van der Waals surface area contributed by atoms with Crippen LogP contribution in [0.1, 0.15) is 10.4 Å². The van der Waals surface area contributed by atoms with Crippen molar-refractivity contribution in [3.8, 4) is 11.5 Å². The summed E-state index contributed by atoms with van der Waals surface area (Å²) in [5.74, 6) is -0.302. The molecular weight excluding hydrogens is 311 g/mol. The van der Waals surface area contributed by atoms with E-state index in [4.69, 9.17) is 4.74 Å². The molecule has 1 amide bonds. The van der Waals surface area contributed by atoms with Gasteiger partial charge in [-0.1, -0.05) is 12.1 Å². The molecule has 2 aromatic carbocycles. The number of anilines is 1. The van der Waals surface area contributed by atoms with E-state index < -0.39 is 5.82 Å². The molecule has 3 rings (SSSR count). The number of hydrogen-bond donors (Lipinski definition) is 1. The Morgan fingerprint density at radius 2 is 1.83 bits per heavy atom. The number of carbonyl (C=O) groups excluding carboxylic acids is 1. The van der Waals surface area contributed by atoms with Gasteiger partial charge in [0.1, 0.15) is 17.3 Å². The number of para-hydroxylation sites is 2. The Labute approximate surface area is 139 Å². The van der Waals surface area contributed by atoms with Crippen LogP contribution in [0.15, 0.2) is 42.5 Å². The fourth-order valence-corrected chi connectivity index (χ4v) is 2.89. The van der Waals surface area contributed by atoms with Crippen LogP contribution < -0.4 is 9.64 Å². The molecule has 0 unspecified atom stereocenters. The number of rotatable bonds is 3. The molecule has 1 aliphatic heterocycles. The van der Waals surface area contributed by atoms with Crippen molar-refractivity contribution in [2.24, 2.45) is 0 Å². The van der Waals surface area contributed by atoms with E-state index in [0.29, 0.717) is 26.2 Å². The first-order valence-corrected chi connectivity index (χ1v) is 7.76. The van der Waals surface area contributed by atoms with E-state index in [1.165, 1.54) is 6.07 Å². The molecule has 0 radical (unpaired) electrons. The van der Waals surface area contributed by atoms with E-state index in [1.807, 2.05) is 24.3 Å². The fourth-order valence-electron chi connectivity index (χ4n) is 2.89. The van der Waals surface area contributed by atoms with Gasteiger partial charge in [-0.25, -0.2) is 4.39 Å². The Hall–Kier alpha value is -2.76. The zero-order valence-electron chi connectivity index (χ0n) is 13.4. The fraction of sp³-hybridized carbons (Fsp3) is 0.278. The summed E-state index contributed by atoms with van der Waals surface area (Å²) in [4.78, 5) is 16.3. The molecule has 2 aromatic rings. The van der Waals surface area contributed by atoms with Crippen LogP contribution in [0.5, 0.6) is 11.5 Å². The van der Waals surface area contributed by atoms with Crippen molar-refractivity contribution in [2.75, 3.05) is 38.2 Å². The van der Waals surface area contributed by atoms with Gasteiger partial charge in [-0.3, -0.25) is 4.79 Å². The molecule has 0 aromatic heterocycles. The van der Waals surface area contributed by atoms with Gasteiger partial charge in [0, 0.05) is 26.2 Å². The number of nitrogens with zero attached hydrogens (tertiary/aromatic N) is 2. The van der Waals surface area contributed by atoms with Crippen LogP contribution in [-0.4, -0.2) is 49.2 Å². The Morgan fingerprint density at radius 3 is 2.54 bits per heavy atom. The first-order chi connectivity index (χ1) is 11.6. The van der Waals surface area contributed by atoms with Gasteiger partial charge >= 0.3 is 0 Å². The number of piperazine rings is 1. The number of phenols is 1. The normalized spacial score (nSPS) is 14.6. The Kier molecular flexibility index (Phi) is 4.55. The number of ether oxygens (including phenoxy) is 1. The average molecular weight is 330 g/mol. The molecule has 1 heterocycles. The molecule has 0 spiro atoms. The van der Waals surface area contributed by atoms with Gasteiger partial charge in [-0.2, -0.15) is 0 Å². The number of amides is 1. The highest BCUT2D eigenvalue weighted by molar-refractivity contribution is 5.97. The quantitative estimate of drug-likeness (QED) is 0.939. The summed E-state index contributed by atoms with van der Waals surface area (Å²) in [5.41, 5.74) is 0.987. The van der Waals surface area contributed by atoms with Gasteiger partial charge in [-0.15, -0.1) is 0 Å².